The van der Waals surface area contributed by atoms with Gasteiger partial charge >= 0.3 is 6.03 Å². The Hall–Kier alpha value is -0.770. The van der Waals surface area contributed by atoms with E-state index in [4.69, 9.17) is 5.11 Å². The zero-order chi connectivity index (χ0) is 14.3. The van der Waals surface area contributed by atoms with Crippen LogP contribution in [-0.2, 0) is 0 Å². The highest BCUT2D eigenvalue weighted by Crippen LogP contribution is 2.37. The minimum Gasteiger partial charge on any atom is -0.396 e. The third kappa shape index (κ3) is 6.81. The molecule has 1 unspecified atom stereocenters. The molecule has 4 heteroatoms. The molecule has 3 N–H and O–H groups in total. The fourth-order valence-electron chi connectivity index (χ4n) is 2.55. The average Bonchev–Trinajstić information content (AvgIpc) is 2.35. The number of aliphatic hydroxyl groups is 1. The quantitative estimate of drug-likeness (QED) is 0.694. The van der Waals surface area contributed by atoms with Crippen LogP contribution in [0.15, 0.2) is 0 Å². The Morgan fingerprint density at radius 3 is 2.53 bits per heavy atom. The number of urea groups is 1. The standard InChI is InChI=1S/C15H30N2O2/c1-12(6-9-18)10-16-14(19)17-11-13-4-7-15(2,3)8-5-13/h12-13,18H,4-11H2,1-3H3,(H2,16,17,19). The first-order valence-corrected chi connectivity index (χ1v) is 7.55. The number of aliphatic hydroxyl groups excluding tert-OH is 1. The van der Waals surface area contributed by atoms with Crippen molar-refractivity contribution in [2.75, 3.05) is 19.7 Å². The van der Waals surface area contributed by atoms with E-state index in [0.717, 1.165) is 13.0 Å². The van der Waals surface area contributed by atoms with E-state index in [1.165, 1.54) is 25.7 Å². The molecule has 0 bridgehead atoms. The van der Waals surface area contributed by atoms with Crippen molar-refractivity contribution in [1.82, 2.24) is 10.6 Å². The molecular weight excluding hydrogens is 240 g/mol. The maximum absolute atomic E-state index is 11.6. The lowest BCUT2D eigenvalue weighted by Gasteiger charge is -2.34. The van der Waals surface area contributed by atoms with E-state index in [9.17, 15) is 4.79 Å². The summed E-state index contributed by atoms with van der Waals surface area (Å²) in [7, 11) is 0. The maximum atomic E-state index is 11.6. The molecule has 1 rings (SSSR count). The summed E-state index contributed by atoms with van der Waals surface area (Å²) < 4.78 is 0. The van der Waals surface area contributed by atoms with E-state index in [-0.39, 0.29) is 12.6 Å². The van der Waals surface area contributed by atoms with Crippen molar-refractivity contribution in [3.8, 4) is 0 Å². The average molecular weight is 270 g/mol. The molecule has 2 amide bonds. The van der Waals surface area contributed by atoms with E-state index in [0.29, 0.717) is 23.8 Å². The molecule has 0 radical (unpaired) electrons. The molecule has 0 saturated heterocycles. The van der Waals surface area contributed by atoms with E-state index in [1.807, 2.05) is 6.92 Å². The summed E-state index contributed by atoms with van der Waals surface area (Å²) in [6, 6.07) is -0.0744. The van der Waals surface area contributed by atoms with Crippen LogP contribution in [0.1, 0.15) is 52.9 Å². The van der Waals surface area contributed by atoms with Gasteiger partial charge in [0, 0.05) is 19.7 Å². The Balaban J connectivity index is 2.10. The van der Waals surface area contributed by atoms with Gasteiger partial charge < -0.3 is 15.7 Å². The molecular formula is C15H30N2O2. The number of nitrogens with one attached hydrogen (secondary N) is 2. The van der Waals surface area contributed by atoms with Gasteiger partial charge in [0.05, 0.1) is 0 Å². The topological polar surface area (TPSA) is 61.4 Å². The highest BCUT2D eigenvalue weighted by molar-refractivity contribution is 5.73. The van der Waals surface area contributed by atoms with Crippen molar-refractivity contribution in [3.63, 3.8) is 0 Å². The zero-order valence-corrected chi connectivity index (χ0v) is 12.7. The summed E-state index contributed by atoms with van der Waals surface area (Å²) in [5, 5.41) is 14.6. The second-order valence-electron chi connectivity index (χ2n) is 6.82. The Morgan fingerprint density at radius 2 is 1.95 bits per heavy atom. The summed E-state index contributed by atoms with van der Waals surface area (Å²) >= 11 is 0. The third-order valence-electron chi connectivity index (χ3n) is 4.24. The van der Waals surface area contributed by atoms with E-state index in [1.54, 1.807) is 0 Å². The number of hydrogen-bond donors (Lipinski definition) is 3. The van der Waals surface area contributed by atoms with Crippen LogP contribution in [0, 0.1) is 17.3 Å². The molecule has 19 heavy (non-hydrogen) atoms. The van der Waals surface area contributed by atoms with Crippen LogP contribution in [0.4, 0.5) is 4.79 Å². The van der Waals surface area contributed by atoms with Crippen molar-refractivity contribution < 1.29 is 9.90 Å². The van der Waals surface area contributed by atoms with Crippen molar-refractivity contribution in [2.45, 2.75) is 52.9 Å². The van der Waals surface area contributed by atoms with Crippen molar-refractivity contribution in [2.24, 2.45) is 17.3 Å². The first-order chi connectivity index (χ1) is 8.93. The Labute approximate surface area is 117 Å². The molecule has 0 heterocycles. The second-order valence-corrected chi connectivity index (χ2v) is 6.82. The summed E-state index contributed by atoms with van der Waals surface area (Å²) in [4.78, 5) is 11.6. The SMILES string of the molecule is CC(CCO)CNC(=O)NCC1CCC(C)(C)CC1. The minimum atomic E-state index is -0.0744. The van der Waals surface area contributed by atoms with Crippen LogP contribution in [-0.4, -0.2) is 30.8 Å². The molecule has 1 aliphatic carbocycles. The summed E-state index contributed by atoms with van der Waals surface area (Å²) in [5.41, 5.74) is 0.485. The maximum Gasteiger partial charge on any atom is 0.314 e. The lowest BCUT2D eigenvalue weighted by molar-refractivity contribution is 0.187. The molecule has 0 aromatic carbocycles. The third-order valence-corrected chi connectivity index (χ3v) is 4.24. The Bertz CT molecular complexity index is 269. The number of hydrogen-bond acceptors (Lipinski definition) is 2. The van der Waals surface area contributed by atoms with Gasteiger partial charge in [-0.2, -0.15) is 0 Å². The first-order valence-electron chi connectivity index (χ1n) is 7.55. The molecule has 112 valence electrons. The zero-order valence-electron chi connectivity index (χ0n) is 12.7. The fourth-order valence-corrected chi connectivity index (χ4v) is 2.55. The van der Waals surface area contributed by atoms with Crippen LogP contribution < -0.4 is 10.6 Å². The van der Waals surface area contributed by atoms with Gasteiger partial charge in [0.15, 0.2) is 0 Å². The summed E-state index contributed by atoms with van der Waals surface area (Å²) in [6.07, 6.45) is 5.68. The molecule has 1 atom stereocenters. The molecule has 0 aromatic rings. The highest BCUT2D eigenvalue weighted by atomic mass is 16.3. The van der Waals surface area contributed by atoms with Crippen LogP contribution in [0.3, 0.4) is 0 Å². The van der Waals surface area contributed by atoms with Gasteiger partial charge in [-0.1, -0.05) is 20.8 Å². The van der Waals surface area contributed by atoms with Crippen LogP contribution >= 0.6 is 0 Å². The summed E-state index contributed by atoms with van der Waals surface area (Å²) in [5.74, 6) is 0.958. The molecule has 1 fully saturated rings. The largest absolute Gasteiger partial charge is 0.396 e. The van der Waals surface area contributed by atoms with Gasteiger partial charge in [0.1, 0.15) is 0 Å². The van der Waals surface area contributed by atoms with Crippen LogP contribution in [0.25, 0.3) is 0 Å². The van der Waals surface area contributed by atoms with Crippen molar-refractivity contribution in [1.29, 1.82) is 0 Å². The van der Waals surface area contributed by atoms with E-state index < -0.39 is 0 Å². The Morgan fingerprint density at radius 1 is 1.32 bits per heavy atom. The molecule has 1 saturated carbocycles. The highest BCUT2D eigenvalue weighted by Gasteiger charge is 2.26. The van der Waals surface area contributed by atoms with Gasteiger partial charge in [0.25, 0.3) is 0 Å². The van der Waals surface area contributed by atoms with Crippen molar-refractivity contribution >= 4 is 6.03 Å². The fraction of sp³-hybridized carbons (Fsp3) is 0.933. The monoisotopic (exact) mass is 270 g/mol. The van der Waals surface area contributed by atoms with Crippen molar-refractivity contribution in [3.05, 3.63) is 0 Å². The number of rotatable bonds is 6. The summed E-state index contributed by atoms with van der Waals surface area (Å²) in [6.45, 7) is 8.28. The van der Waals surface area contributed by atoms with Gasteiger partial charge in [0.2, 0.25) is 0 Å². The number of carbonyl (C=O) groups excluding carboxylic acids is 1. The van der Waals surface area contributed by atoms with Gasteiger partial charge in [-0.3, -0.25) is 0 Å². The lowest BCUT2D eigenvalue weighted by Crippen LogP contribution is -2.41. The number of amides is 2. The van der Waals surface area contributed by atoms with Gasteiger partial charge in [-0.25, -0.2) is 4.79 Å². The van der Waals surface area contributed by atoms with E-state index >= 15 is 0 Å². The molecule has 4 nitrogen and oxygen atoms in total. The van der Waals surface area contributed by atoms with E-state index in [2.05, 4.69) is 24.5 Å². The number of carbonyl (C=O) groups is 1. The lowest BCUT2D eigenvalue weighted by atomic mass is 9.73. The predicted molar refractivity (Wildman–Crippen MR) is 78.0 cm³/mol. The first kappa shape index (κ1) is 16.3. The normalized spacial score (nSPS) is 20.8. The molecule has 0 aliphatic heterocycles. The minimum absolute atomic E-state index is 0.0744. The smallest absolute Gasteiger partial charge is 0.314 e. The van der Waals surface area contributed by atoms with Gasteiger partial charge in [-0.05, 0) is 49.4 Å². The Kier molecular flexibility index (Phi) is 6.63. The second kappa shape index (κ2) is 7.73. The molecule has 0 aromatic heterocycles. The predicted octanol–water partition coefficient (Wildman–Crippen LogP) is 2.52. The van der Waals surface area contributed by atoms with Crippen LogP contribution in [0.5, 0.6) is 0 Å². The van der Waals surface area contributed by atoms with Gasteiger partial charge in [-0.15, -0.1) is 0 Å². The van der Waals surface area contributed by atoms with Crippen LogP contribution in [0.2, 0.25) is 0 Å². The molecule has 1 aliphatic rings. The molecule has 0 spiro atoms.